The summed E-state index contributed by atoms with van der Waals surface area (Å²) in [4.78, 5) is 3.90. The third-order valence-electron chi connectivity index (χ3n) is 2.30. The molecule has 1 aromatic heterocycles. The van der Waals surface area contributed by atoms with Gasteiger partial charge in [-0.2, -0.15) is 4.98 Å². The molecule has 0 aliphatic rings. The van der Waals surface area contributed by atoms with Crippen LogP contribution in [0.3, 0.4) is 0 Å². The lowest BCUT2D eigenvalue weighted by molar-refractivity contribution is -0.00990. The van der Waals surface area contributed by atoms with Crippen LogP contribution in [-0.2, 0) is 15.9 Å². The molecule has 1 heterocycles. The van der Waals surface area contributed by atoms with Gasteiger partial charge >= 0.3 is 0 Å². The van der Waals surface area contributed by atoms with E-state index in [-0.39, 0.29) is 6.10 Å². The number of nitrogens with zero attached hydrogens (tertiary/aromatic N) is 2. The van der Waals surface area contributed by atoms with Crippen LogP contribution in [0.2, 0.25) is 0 Å². The average Bonchev–Trinajstić information content (AvgIpc) is 2.87. The topological polar surface area (TPSA) is 89.6 Å². The summed E-state index contributed by atoms with van der Waals surface area (Å²) >= 11 is 0. The monoisotopic (exact) mass is 273 g/mol. The van der Waals surface area contributed by atoms with Gasteiger partial charge in [0.25, 0.3) is 0 Å². The van der Waals surface area contributed by atoms with E-state index in [1.165, 1.54) is 6.39 Å². The van der Waals surface area contributed by atoms with E-state index in [1.807, 2.05) is 13.8 Å². The standard InChI is InChI=1S/C12H23N3O4/c1-10(2)18-6-5-17-8-11(16)7-13-4-3-12-14-9-19-15-12/h9-11,13,16H,3-8H2,1-2H3. The zero-order valence-electron chi connectivity index (χ0n) is 11.5. The predicted octanol–water partition coefficient (Wildman–Crippen LogP) is 0.00420. The van der Waals surface area contributed by atoms with Crippen LogP contribution in [0.25, 0.3) is 0 Å². The largest absolute Gasteiger partial charge is 0.389 e. The van der Waals surface area contributed by atoms with E-state index in [9.17, 15) is 5.11 Å². The fraction of sp³-hybridized carbons (Fsp3) is 0.833. The SMILES string of the molecule is CC(C)OCCOCC(O)CNCCc1ncon1. The first kappa shape index (κ1) is 16.0. The molecule has 7 nitrogen and oxygen atoms in total. The van der Waals surface area contributed by atoms with Gasteiger partial charge in [0.1, 0.15) is 0 Å². The minimum Gasteiger partial charge on any atom is -0.389 e. The molecule has 19 heavy (non-hydrogen) atoms. The molecule has 0 bridgehead atoms. The van der Waals surface area contributed by atoms with Crippen molar-refractivity contribution in [1.29, 1.82) is 0 Å². The Bertz CT molecular complexity index is 306. The highest BCUT2D eigenvalue weighted by Gasteiger charge is 2.04. The Morgan fingerprint density at radius 1 is 1.42 bits per heavy atom. The molecular weight excluding hydrogens is 250 g/mol. The van der Waals surface area contributed by atoms with Gasteiger partial charge in [0, 0.05) is 19.5 Å². The second-order valence-electron chi connectivity index (χ2n) is 4.45. The van der Waals surface area contributed by atoms with Crippen molar-refractivity contribution in [1.82, 2.24) is 15.5 Å². The average molecular weight is 273 g/mol. The molecule has 110 valence electrons. The molecular formula is C12H23N3O4. The van der Waals surface area contributed by atoms with Crippen molar-refractivity contribution in [3.05, 3.63) is 12.2 Å². The minimum absolute atomic E-state index is 0.209. The molecule has 1 aromatic rings. The van der Waals surface area contributed by atoms with Crippen molar-refractivity contribution >= 4 is 0 Å². The molecule has 1 atom stereocenters. The molecule has 1 unspecified atom stereocenters. The van der Waals surface area contributed by atoms with E-state index in [2.05, 4.69) is 20.0 Å². The summed E-state index contributed by atoms with van der Waals surface area (Å²) in [6.07, 6.45) is 1.66. The number of aliphatic hydroxyl groups is 1. The predicted molar refractivity (Wildman–Crippen MR) is 68.8 cm³/mol. The van der Waals surface area contributed by atoms with E-state index >= 15 is 0 Å². The van der Waals surface area contributed by atoms with Crippen LogP contribution in [0.1, 0.15) is 19.7 Å². The third-order valence-corrected chi connectivity index (χ3v) is 2.30. The number of rotatable bonds is 11. The first-order valence-electron chi connectivity index (χ1n) is 6.52. The van der Waals surface area contributed by atoms with Crippen LogP contribution in [0, 0.1) is 0 Å². The molecule has 0 aliphatic carbocycles. The number of aliphatic hydroxyl groups excluding tert-OH is 1. The van der Waals surface area contributed by atoms with E-state index < -0.39 is 6.10 Å². The van der Waals surface area contributed by atoms with Crippen molar-refractivity contribution in [3.8, 4) is 0 Å². The van der Waals surface area contributed by atoms with Crippen LogP contribution in [0.15, 0.2) is 10.9 Å². The quantitative estimate of drug-likeness (QED) is 0.549. The Labute approximate surface area is 113 Å². The first-order chi connectivity index (χ1) is 9.18. The summed E-state index contributed by atoms with van der Waals surface area (Å²) in [6.45, 7) is 6.46. The van der Waals surface area contributed by atoms with Gasteiger partial charge in [0.05, 0.1) is 32.0 Å². The highest BCUT2D eigenvalue weighted by molar-refractivity contribution is 4.78. The molecule has 2 N–H and O–H groups in total. The molecule has 0 fully saturated rings. The third kappa shape index (κ3) is 8.66. The molecule has 0 aliphatic heterocycles. The van der Waals surface area contributed by atoms with Gasteiger partial charge < -0.3 is 24.4 Å². The van der Waals surface area contributed by atoms with Gasteiger partial charge in [-0.15, -0.1) is 0 Å². The van der Waals surface area contributed by atoms with E-state index in [1.54, 1.807) is 0 Å². The van der Waals surface area contributed by atoms with Crippen molar-refractivity contribution in [2.45, 2.75) is 32.5 Å². The highest BCUT2D eigenvalue weighted by atomic mass is 16.5. The van der Waals surface area contributed by atoms with E-state index in [0.29, 0.717) is 45.2 Å². The van der Waals surface area contributed by atoms with Gasteiger partial charge in [-0.25, -0.2) is 0 Å². The number of ether oxygens (including phenoxy) is 2. The van der Waals surface area contributed by atoms with Gasteiger partial charge in [0.15, 0.2) is 5.82 Å². The van der Waals surface area contributed by atoms with Crippen LogP contribution in [0.4, 0.5) is 0 Å². The zero-order chi connectivity index (χ0) is 13.9. The molecule has 0 aromatic carbocycles. The van der Waals surface area contributed by atoms with Crippen LogP contribution in [0.5, 0.6) is 0 Å². The summed E-state index contributed by atoms with van der Waals surface area (Å²) in [5, 5.41) is 16.4. The smallest absolute Gasteiger partial charge is 0.213 e. The Morgan fingerprint density at radius 2 is 2.26 bits per heavy atom. The van der Waals surface area contributed by atoms with Crippen LogP contribution < -0.4 is 5.32 Å². The second-order valence-corrected chi connectivity index (χ2v) is 4.45. The Kier molecular flexibility index (Phi) is 8.31. The normalized spacial score (nSPS) is 13.1. The fourth-order valence-corrected chi connectivity index (χ4v) is 1.39. The molecule has 7 heteroatoms. The van der Waals surface area contributed by atoms with Crippen molar-refractivity contribution in [3.63, 3.8) is 0 Å². The lowest BCUT2D eigenvalue weighted by Crippen LogP contribution is -2.32. The first-order valence-corrected chi connectivity index (χ1v) is 6.52. The van der Waals surface area contributed by atoms with E-state index in [4.69, 9.17) is 9.47 Å². The number of aromatic nitrogens is 2. The summed E-state index contributed by atoms with van der Waals surface area (Å²) in [5.41, 5.74) is 0. The summed E-state index contributed by atoms with van der Waals surface area (Å²) in [5.74, 6) is 0.657. The summed E-state index contributed by atoms with van der Waals surface area (Å²) in [6, 6.07) is 0. The highest BCUT2D eigenvalue weighted by Crippen LogP contribution is 1.90. The van der Waals surface area contributed by atoms with Crippen LogP contribution >= 0.6 is 0 Å². The van der Waals surface area contributed by atoms with Crippen LogP contribution in [-0.4, -0.2) is 60.4 Å². The van der Waals surface area contributed by atoms with Gasteiger partial charge in [-0.1, -0.05) is 5.16 Å². The molecule has 0 saturated carbocycles. The van der Waals surface area contributed by atoms with Gasteiger partial charge in [0.2, 0.25) is 6.39 Å². The maximum Gasteiger partial charge on any atom is 0.213 e. The molecule has 0 spiro atoms. The Hall–Kier alpha value is -1.02. The Morgan fingerprint density at radius 3 is 2.95 bits per heavy atom. The van der Waals surface area contributed by atoms with Crippen molar-refractivity contribution in [2.75, 3.05) is 32.9 Å². The maximum absolute atomic E-state index is 9.64. The second kappa shape index (κ2) is 9.85. The zero-order valence-corrected chi connectivity index (χ0v) is 11.5. The lowest BCUT2D eigenvalue weighted by atomic mass is 10.3. The molecule has 0 saturated heterocycles. The summed E-state index contributed by atoms with van der Waals surface area (Å²) in [7, 11) is 0. The van der Waals surface area contributed by atoms with Gasteiger partial charge in [-0.3, -0.25) is 0 Å². The molecule has 0 amide bonds. The number of hydrogen-bond acceptors (Lipinski definition) is 7. The van der Waals surface area contributed by atoms with Crippen molar-refractivity contribution < 1.29 is 19.1 Å². The maximum atomic E-state index is 9.64. The van der Waals surface area contributed by atoms with Gasteiger partial charge in [-0.05, 0) is 13.8 Å². The van der Waals surface area contributed by atoms with E-state index in [0.717, 1.165) is 0 Å². The number of nitrogens with one attached hydrogen (secondary N) is 1. The van der Waals surface area contributed by atoms with Crippen molar-refractivity contribution in [2.24, 2.45) is 0 Å². The Balaban J connectivity index is 1.89. The molecule has 1 rings (SSSR count). The lowest BCUT2D eigenvalue weighted by Gasteiger charge is -2.12. The number of hydrogen-bond donors (Lipinski definition) is 2. The minimum atomic E-state index is -0.524. The molecule has 0 radical (unpaired) electrons. The fourth-order valence-electron chi connectivity index (χ4n) is 1.39. The summed E-state index contributed by atoms with van der Waals surface area (Å²) < 4.78 is 15.2.